The van der Waals surface area contributed by atoms with Gasteiger partial charge in [0.25, 0.3) is 0 Å². The van der Waals surface area contributed by atoms with E-state index in [0.717, 1.165) is 18.7 Å². The van der Waals surface area contributed by atoms with E-state index in [1.807, 2.05) is 6.55 Å². The molecule has 0 heterocycles. The summed E-state index contributed by atoms with van der Waals surface area (Å²) < 4.78 is 10.4. The fraction of sp³-hybridized carbons (Fsp3) is 1.00. The molecule has 0 aliphatic heterocycles. The number of hydrogen-bond donors (Lipinski definition) is 2. The van der Waals surface area contributed by atoms with Gasteiger partial charge in [0, 0.05) is 14.2 Å². The van der Waals surface area contributed by atoms with E-state index in [9.17, 15) is 0 Å². The number of nitrogens with one attached hydrogen (secondary N) is 1. The first kappa shape index (κ1) is 11.4. The minimum absolute atomic E-state index is 0.894. The summed E-state index contributed by atoms with van der Waals surface area (Å²) in [7, 11) is 1.32. The molecule has 0 bridgehead atoms. The van der Waals surface area contributed by atoms with Gasteiger partial charge in [0.1, 0.15) is 0 Å². The van der Waals surface area contributed by atoms with Crippen LogP contribution >= 0.6 is 12.6 Å². The maximum atomic E-state index is 5.21. The third-order valence-corrected chi connectivity index (χ3v) is 4.33. The maximum absolute atomic E-state index is 5.21. The topological polar surface area (TPSA) is 30.5 Å². The summed E-state index contributed by atoms with van der Waals surface area (Å²) in [4.78, 5) is 3.24. The largest absolute Gasteiger partial charge is 0.421 e. The molecule has 0 amide bonds. The van der Waals surface area contributed by atoms with Crippen LogP contribution in [0.4, 0.5) is 0 Å². The molecule has 68 valence electrons. The van der Waals surface area contributed by atoms with Crippen LogP contribution in [0.15, 0.2) is 0 Å². The van der Waals surface area contributed by atoms with Gasteiger partial charge in [-0.15, -0.1) is 0 Å². The highest BCUT2D eigenvalue weighted by Gasteiger charge is 2.27. The Morgan fingerprint density at radius 3 is 2.27 bits per heavy atom. The molecule has 0 aromatic carbocycles. The lowest BCUT2D eigenvalue weighted by Crippen LogP contribution is -2.52. The van der Waals surface area contributed by atoms with Crippen LogP contribution in [-0.2, 0) is 8.85 Å². The molecule has 0 spiro atoms. The van der Waals surface area contributed by atoms with Gasteiger partial charge < -0.3 is 8.85 Å². The fourth-order valence-corrected chi connectivity index (χ4v) is 1.87. The molecular formula is C6H17NO2SSi. The second-order valence-corrected chi connectivity index (χ2v) is 5.87. The highest BCUT2D eigenvalue weighted by atomic mass is 32.1. The molecule has 0 aromatic heterocycles. The SMILES string of the molecule is CO[Si](C)(NCCCS)OC. The van der Waals surface area contributed by atoms with Crippen LogP contribution in [0.3, 0.4) is 0 Å². The first-order valence-corrected chi connectivity index (χ1v) is 6.59. The Kier molecular flexibility index (Phi) is 6.26. The quantitative estimate of drug-likeness (QED) is 0.373. The Bertz CT molecular complexity index is 101. The fourth-order valence-electron chi connectivity index (χ4n) is 0.622. The van der Waals surface area contributed by atoms with E-state index in [1.54, 1.807) is 14.2 Å². The van der Waals surface area contributed by atoms with Crippen molar-refractivity contribution in [2.24, 2.45) is 0 Å². The van der Waals surface area contributed by atoms with Crippen LogP contribution in [-0.4, -0.2) is 35.2 Å². The highest BCUT2D eigenvalue weighted by Crippen LogP contribution is 1.98. The van der Waals surface area contributed by atoms with Crippen molar-refractivity contribution in [3.05, 3.63) is 0 Å². The molecular weight excluding hydrogens is 178 g/mol. The second-order valence-electron chi connectivity index (χ2n) is 2.36. The molecule has 3 nitrogen and oxygen atoms in total. The van der Waals surface area contributed by atoms with Crippen LogP contribution in [0.5, 0.6) is 0 Å². The molecule has 0 radical (unpaired) electrons. The zero-order valence-corrected chi connectivity index (χ0v) is 9.28. The molecule has 1 N–H and O–H groups in total. The van der Waals surface area contributed by atoms with Crippen LogP contribution < -0.4 is 4.98 Å². The van der Waals surface area contributed by atoms with Crippen molar-refractivity contribution in [3.63, 3.8) is 0 Å². The summed E-state index contributed by atoms with van der Waals surface area (Å²) >= 11 is 4.10. The maximum Gasteiger partial charge on any atom is 0.421 e. The monoisotopic (exact) mass is 195 g/mol. The molecule has 0 aromatic rings. The van der Waals surface area contributed by atoms with Crippen molar-refractivity contribution < 1.29 is 8.85 Å². The summed E-state index contributed by atoms with van der Waals surface area (Å²) in [5.74, 6) is 0.894. The van der Waals surface area contributed by atoms with E-state index < -0.39 is 8.72 Å². The van der Waals surface area contributed by atoms with E-state index >= 15 is 0 Å². The molecule has 0 aliphatic rings. The predicted octanol–water partition coefficient (Wildman–Crippen LogP) is 0.757. The minimum Gasteiger partial charge on any atom is -0.386 e. The van der Waals surface area contributed by atoms with Crippen LogP contribution in [0.2, 0.25) is 6.55 Å². The Balaban J connectivity index is 3.51. The van der Waals surface area contributed by atoms with Gasteiger partial charge >= 0.3 is 8.72 Å². The van der Waals surface area contributed by atoms with Crippen molar-refractivity contribution >= 4 is 21.4 Å². The third kappa shape index (κ3) is 4.81. The zero-order valence-electron chi connectivity index (χ0n) is 7.39. The zero-order chi connectivity index (χ0) is 8.74. The lowest BCUT2D eigenvalue weighted by molar-refractivity contribution is 0.236. The Hall–Kier alpha value is 0.447. The van der Waals surface area contributed by atoms with E-state index in [2.05, 4.69) is 17.6 Å². The van der Waals surface area contributed by atoms with Crippen molar-refractivity contribution in [1.82, 2.24) is 4.98 Å². The van der Waals surface area contributed by atoms with Crippen molar-refractivity contribution in [3.8, 4) is 0 Å². The highest BCUT2D eigenvalue weighted by molar-refractivity contribution is 7.80. The number of hydrogen-bond acceptors (Lipinski definition) is 4. The van der Waals surface area contributed by atoms with E-state index in [1.165, 1.54) is 0 Å². The van der Waals surface area contributed by atoms with Gasteiger partial charge in [-0.05, 0) is 25.3 Å². The molecule has 0 aliphatic carbocycles. The molecule has 0 unspecified atom stereocenters. The van der Waals surface area contributed by atoms with Crippen LogP contribution in [0.1, 0.15) is 6.42 Å². The lowest BCUT2D eigenvalue weighted by Gasteiger charge is -2.23. The van der Waals surface area contributed by atoms with E-state index in [4.69, 9.17) is 8.85 Å². The number of thiol groups is 1. The predicted molar refractivity (Wildman–Crippen MR) is 52.1 cm³/mol. The Morgan fingerprint density at radius 1 is 1.36 bits per heavy atom. The van der Waals surface area contributed by atoms with Gasteiger partial charge in [0.05, 0.1) is 0 Å². The average molecular weight is 195 g/mol. The van der Waals surface area contributed by atoms with Crippen molar-refractivity contribution in [2.45, 2.75) is 13.0 Å². The normalized spacial score (nSPS) is 12.0. The Morgan fingerprint density at radius 2 is 1.91 bits per heavy atom. The Labute approximate surface area is 75.2 Å². The molecule has 0 rings (SSSR count). The lowest BCUT2D eigenvalue weighted by atomic mass is 10.5. The summed E-state index contributed by atoms with van der Waals surface area (Å²) in [6, 6.07) is 0. The van der Waals surface area contributed by atoms with Gasteiger partial charge in [-0.3, -0.25) is 4.98 Å². The first-order valence-electron chi connectivity index (χ1n) is 3.64. The van der Waals surface area contributed by atoms with Gasteiger partial charge in [0.15, 0.2) is 0 Å². The van der Waals surface area contributed by atoms with Gasteiger partial charge in [-0.2, -0.15) is 12.6 Å². The van der Waals surface area contributed by atoms with Crippen LogP contribution in [0, 0.1) is 0 Å². The summed E-state index contributed by atoms with van der Waals surface area (Å²) in [5, 5.41) is 0. The molecule has 0 atom stereocenters. The van der Waals surface area contributed by atoms with Gasteiger partial charge in [-0.25, -0.2) is 0 Å². The molecule has 0 saturated heterocycles. The smallest absolute Gasteiger partial charge is 0.386 e. The second kappa shape index (κ2) is 6.02. The van der Waals surface area contributed by atoms with Gasteiger partial charge in [-0.1, -0.05) is 0 Å². The standard InChI is InChI=1S/C6H17NO2SSi/c1-8-11(3,9-2)7-5-4-6-10/h7,10H,4-6H2,1-3H3. The van der Waals surface area contributed by atoms with E-state index in [0.29, 0.717) is 0 Å². The summed E-state index contributed by atoms with van der Waals surface area (Å²) in [6.45, 7) is 2.89. The van der Waals surface area contributed by atoms with Gasteiger partial charge in [0.2, 0.25) is 0 Å². The van der Waals surface area contributed by atoms with E-state index in [-0.39, 0.29) is 0 Å². The molecule has 0 saturated carbocycles. The molecule has 11 heavy (non-hydrogen) atoms. The molecule has 0 fully saturated rings. The first-order chi connectivity index (χ1) is 5.18. The minimum atomic E-state index is -2.02. The number of rotatable bonds is 6. The average Bonchev–Trinajstić information content (AvgIpc) is 2.05. The van der Waals surface area contributed by atoms with Crippen molar-refractivity contribution in [1.29, 1.82) is 0 Å². The summed E-state index contributed by atoms with van der Waals surface area (Å²) in [5.41, 5.74) is 0. The van der Waals surface area contributed by atoms with Crippen LogP contribution in [0.25, 0.3) is 0 Å². The third-order valence-electron chi connectivity index (χ3n) is 1.56. The van der Waals surface area contributed by atoms with Crippen molar-refractivity contribution in [2.75, 3.05) is 26.5 Å². The summed E-state index contributed by atoms with van der Waals surface area (Å²) in [6.07, 6.45) is 1.04. The molecule has 5 heteroatoms.